The Morgan fingerprint density at radius 1 is 1.00 bits per heavy atom. The summed E-state index contributed by atoms with van der Waals surface area (Å²) in [7, 11) is -4.13. The lowest BCUT2D eigenvalue weighted by Gasteiger charge is -2.28. The molecule has 0 unspecified atom stereocenters. The minimum atomic E-state index is -3.62. The van der Waals surface area contributed by atoms with E-state index in [1.807, 2.05) is 12.1 Å². The van der Waals surface area contributed by atoms with Crippen LogP contribution in [-0.2, 0) is 19.9 Å². The zero-order chi connectivity index (χ0) is 23.0. The van der Waals surface area contributed by atoms with Crippen LogP contribution >= 0.6 is 0 Å². The maximum Gasteiger partial charge on any atom is 0.258 e. The lowest BCUT2D eigenvalue weighted by atomic mass is 10.0. The summed E-state index contributed by atoms with van der Waals surface area (Å²) in [5.41, 5.74) is 1.94. The summed E-state index contributed by atoms with van der Waals surface area (Å²) in [5, 5.41) is 1.13. The highest BCUT2D eigenvalue weighted by molar-refractivity contribution is 7.94. The van der Waals surface area contributed by atoms with Crippen molar-refractivity contribution in [1.29, 1.82) is 0 Å². The molecule has 166 valence electrons. The summed E-state index contributed by atoms with van der Waals surface area (Å²) in [6, 6.07) is 12.4. The Bertz CT molecular complexity index is 1200. The van der Waals surface area contributed by atoms with Crippen molar-refractivity contribution in [2.45, 2.75) is 30.7 Å². The molecule has 0 aliphatic carbocycles. The van der Waals surface area contributed by atoms with E-state index in [4.69, 9.17) is 0 Å². The number of anilines is 1. The van der Waals surface area contributed by atoms with Crippen LogP contribution in [0.15, 0.2) is 64.9 Å². The van der Waals surface area contributed by atoms with E-state index < -0.39 is 31.8 Å². The van der Waals surface area contributed by atoms with Gasteiger partial charge < -0.3 is 4.90 Å². The van der Waals surface area contributed by atoms with Crippen molar-refractivity contribution in [2.24, 2.45) is 0 Å². The van der Waals surface area contributed by atoms with Crippen molar-refractivity contribution in [2.75, 3.05) is 24.7 Å². The summed E-state index contributed by atoms with van der Waals surface area (Å²) in [6.45, 7) is 4.13. The number of rotatable bonds is 6. The Balaban J connectivity index is 1.99. The van der Waals surface area contributed by atoms with Crippen LogP contribution in [0.4, 0.5) is 5.69 Å². The van der Waals surface area contributed by atoms with Gasteiger partial charge in [-0.25, -0.2) is 21.1 Å². The van der Waals surface area contributed by atoms with Crippen LogP contribution in [0.3, 0.4) is 0 Å². The molecule has 2 aromatic rings. The van der Waals surface area contributed by atoms with E-state index in [1.54, 1.807) is 12.1 Å². The summed E-state index contributed by atoms with van der Waals surface area (Å²) >= 11 is 0. The Morgan fingerprint density at radius 2 is 1.58 bits per heavy atom. The van der Waals surface area contributed by atoms with Crippen molar-refractivity contribution in [3.05, 3.63) is 71.1 Å². The fraction of sp³-hybridized carbons (Fsp3) is 0.318. The molecule has 9 heteroatoms. The van der Waals surface area contributed by atoms with Crippen LogP contribution in [0.1, 0.15) is 35.7 Å². The summed E-state index contributed by atoms with van der Waals surface area (Å²) in [6.07, 6.45) is 1.51. The molecule has 0 fully saturated rings. The Kier molecular flexibility index (Phi) is 6.40. The number of carbonyl (C=O) groups excluding carboxylic acids is 1. The van der Waals surface area contributed by atoms with Crippen LogP contribution in [0.2, 0.25) is 0 Å². The fourth-order valence-electron chi connectivity index (χ4n) is 3.32. The lowest BCUT2D eigenvalue weighted by Crippen LogP contribution is -2.41. The maximum absolute atomic E-state index is 13.4. The largest absolute Gasteiger partial charge is 0.300 e. The molecular formula is C22H26N2O5S2. The van der Waals surface area contributed by atoms with Crippen LogP contribution < -0.4 is 4.90 Å². The van der Waals surface area contributed by atoms with Gasteiger partial charge in [0.05, 0.1) is 16.7 Å². The number of hydrogen-bond acceptors (Lipinski definition) is 5. The van der Waals surface area contributed by atoms with Gasteiger partial charge in [0.2, 0.25) is 10.0 Å². The van der Waals surface area contributed by atoms with Gasteiger partial charge in [-0.2, -0.15) is 0 Å². The van der Waals surface area contributed by atoms with Crippen molar-refractivity contribution in [3.63, 3.8) is 0 Å². The van der Waals surface area contributed by atoms with E-state index in [1.165, 1.54) is 49.3 Å². The molecule has 3 rings (SSSR count). The maximum atomic E-state index is 13.4. The molecule has 1 amide bonds. The van der Waals surface area contributed by atoms with Crippen LogP contribution in [0.5, 0.6) is 0 Å². The third kappa shape index (κ3) is 4.89. The van der Waals surface area contributed by atoms with E-state index in [9.17, 15) is 21.6 Å². The second-order valence-electron chi connectivity index (χ2n) is 7.96. The Morgan fingerprint density at radius 3 is 2.03 bits per heavy atom. The van der Waals surface area contributed by atoms with E-state index >= 15 is 0 Å². The highest BCUT2D eigenvalue weighted by atomic mass is 32.2. The monoisotopic (exact) mass is 462 g/mol. The zero-order valence-corrected chi connectivity index (χ0v) is 19.5. The van der Waals surface area contributed by atoms with Gasteiger partial charge >= 0.3 is 0 Å². The molecule has 1 heterocycles. The molecule has 0 bridgehead atoms. The first kappa shape index (κ1) is 23.2. The Hall–Kier alpha value is -2.49. The van der Waals surface area contributed by atoms with Gasteiger partial charge in [-0.3, -0.25) is 4.79 Å². The smallest absolute Gasteiger partial charge is 0.258 e. The standard InChI is InChI=1S/C22H26N2O5S2/c1-16(2)17-5-9-19(10-6-17)24(20-13-14-30(26,27)15-20)22(25)18-7-11-21(12-8-18)31(28,29)23(3)4/h5-14,16,20H,15H2,1-4H3/t20-/m0/s1. The SMILES string of the molecule is CC(C)c1ccc(N(C(=O)c2ccc(S(=O)(=O)N(C)C)cc2)[C@H]2C=CS(=O)(=O)C2)cc1. The van der Waals surface area contributed by atoms with Crippen molar-refractivity contribution in [1.82, 2.24) is 4.31 Å². The third-order valence-corrected chi connectivity index (χ3v) is 8.39. The minimum Gasteiger partial charge on any atom is -0.300 e. The normalized spacial score (nSPS) is 17.9. The molecule has 0 aromatic heterocycles. The van der Waals surface area contributed by atoms with Gasteiger partial charge in [0, 0.05) is 30.8 Å². The highest BCUT2D eigenvalue weighted by Crippen LogP contribution is 2.27. The molecule has 1 aliphatic rings. The number of benzene rings is 2. The van der Waals surface area contributed by atoms with Crippen LogP contribution in [-0.4, -0.2) is 52.9 Å². The molecule has 1 atom stereocenters. The number of sulfone groups is 1. The van der Waals surface area contributed by atoms with Gasteiger partial charge in [-0.05, 0) is 54.0 Å². The zero-order valence-electron chi connectivity index (χ0n) is 17.9. The molecule has 0 saturated heterocycles. The van der Waals surface area contributed by atoms with Gasteiger partial charge in [0.15, 0.2) is 9.84 Å². The molecule has 2 aromatic carbocycles. The average molecular weight is 463 g/mol. The predicted molar refractivity (Wildman–Crippen MR) is 121 cm³/mol. The quantitative estimate of drug-likeness (QED) is 0.658. The average Bonchev–Trinajstić information content (AvgIpc) is 3.07. The molecule has 0 radical (unpaired) electrons. The van der Waals surface area contributed by atoms with Gasteiger partial charge in [0.1, 0.15) is 0 Å². The first-order chi connectivity index (χ1) is 14.4. The lowest BCUT2D eigenvalue weighted by molar-refractivity contribution is 0.0983. The number of hydrogen-bond donors (Lipinski definition) is 0. The van der Waals surface area contributed by atoms with Crippen molar-refractivity contribution in [3.8, 4) is 0 Å². The number of sulfonamides is 1. The molecule has 31 heavy (non-hydrogen) atoms. The fourth-order valence-corrected chi connectivity index (χ4v) is 5.49. The van der Waals surface area contributed by atoms with E-state index in [2.05, 4.69) is 13.8 Å². The highest BCUT2D eigenvalue weighted by Gasteiger charge is 2.32. The van der Waals surface area contributed by atoms with Crippen LogP contribution in [0.25, 0.3) is 0 Å². The number of carbonyl (C=O) groups is 1. The molecule has 7 nitrogen and oxygen atoms in total. The Labute approximate surface area is 184 Å². The summed E-state index contributed by atoms with van der Waals surface area (Å²) < 4.78 is 49.7. The third-order valence-electron chi connectivity index (χ3n) is 5.18. The first-order valence-electron chi connectivity index (χ1n) is 9.79. The van der Waals surface area contributed by atoms with Crippen molar-refractivity contribution < 1.29 is 21.6 Å². The van der Waals surface area contributed by atoms with Gasteiger partial charge in [-0.15, -0.1) is 0 Å². The second-order valence-corrected chi connectivity index (χ2v) is 12.0. The molecule has 0 saturated carbocycles. The van der Waals surface area contributed by atoms with E-state index in [0.29, 0.717) is 11.6 Å². The summed E-state index contributed by atoms with van der Waals surface area (Å²) in [4.78, 5) is 14.9. The molecule has 0 N–H and O–H groups in total. The van der Waals surface area contributed by atoms with Gasteiger partial charge in [-0.1, -0.05) is 26.0 Å². The van der Waals surface area contributed by atoms with Crippen molar-refractivity contribution >= 4 is 31.5 Å². The number of nitrogens with zero attached hydrogens (tertiary/aromatic N) is 2. The van der Waals surface area contributed by atoms with E-state index in [0.717, 1.165) is 15.3 Å². The second kappa shape index (κ2) is 8.57. The first-order valence-corrected chi connectivity index (χ1v) is 12.9. The molecule has 0 spiro atoms. The number of amides is 1. The van der Waals surface area contributed by atoms with E-state index in [-0.39, 0.29) is 16.2 Å². The topological polar surface area (TPSA) is 91.8 Å². The summed E-state index contributed by atoms with van der Waals surface area (Å²) in [5.74, 6) is -0.286. The van der Waals surface area contributed by atoms with Crippen LogP contribution in [0, 0.1) is 0 Å². The van der Waals surface area contributed by atoms with Gasteiger partial charge in [0.25, 0.3) is 5.91 Å². The molecular weight excluding hydrogens is 436 g/mol. The predicted octanol–water partition coefficient (Wildman–Crippen LogP) is 3.02. The molecule has 1 aliphatic heterocycles. The minimum absolute atomic E-state index is 0.0743.